The molecule has 0 aromatic heterocycles. The number of β-amino-alcohol motifs (C(OH)–C–C–N with tert-alkyl or cyclic N) is 1. The molecule has 0 aromatic carbocycles. The van der Waals surface area contributed by atoms with Gasteiger partial charge >= 0.3 is 0 Å². The number of hydrogen-bond donors (Lipinski definition) is 2. The summed E-state index contributed by atoms with van der Waals surface area (Å²) < 4.78 is 4.95. The number of amides is 1. The van der Waals surface area contributed by atoms with Crippen LogP contribution < -0.4 is 5.32 Å². The van der Waals surface area contributed by atoms with Crippen LogP contribution in [0.15, 0.2) is 0 Å². The molecule has 0 aromatic rings. The van der Waals surface area contributed by atoms with Gasteiger partial charge in [-0.2, -0.15) is 0 Å². The lowest BCUT2D eigenvalue weighted by molar-refractivity contribution is -0.137. The van der Waals surface area contributed by atoms with Gasteiger partial charge in [0.05, 0.1) is 18.8 Å². The topological polar surface area (TPSA) is 61.8 Å². The molecular weight excluding hydrogens is 220 g/mol. The van der Waals surface area contributed by atoms with E-state index in [2.05, 4.69) is 5.32 Å². The molecule has 2 fully saturated rings. The molecule has 5 nitrogen and oxygen atoms in total. The van der Waals surface area contributed by atoms with Crippen LogP contribution in [0.4, 0.5) is 0 Å². The molecule has 98 valence electrons. The van der Waals surface area contributed by atoms with E-state index in [1.807, 2.05) is 11.8 Å². The van der Waals surface area contributed by atoms with Gasteiger partial charge in [-0.15, -0.1) is 0 Å². The minimum atomic E-state index is -0.502. The van der Waals surface area contributed by atoms with Gasteiger partial charge in [-0.1, -0.05) is 0 Å². The Hall–Kier alpha value is -0.650. The summed E-state index contributed by atoms with van der Waals surface area (Å²) in [5, 5.41) is 13.0. The highest BCUT2D eigenvalue weighted by atomic mass is 16.5. The van der Waals surface area contributed by atoms with Crippen molar-refractivity contribution in [1.29, 1.82) is 0 Å². The summed E-state index contributed by atoms with van der Waals surface area (Å²) in [5.74, 6) is 0.488. The Kier molecular flexibility index (Phi) is 3.70. The quantitative estimate of drug-likeness (QED) is 0.665. The molecule has 5 heteroatoms. The van der Waals surface area contributed by atoms with E-state index in [4.69, 9.17) is 4.74 Å². The minimum absolute atomic E-state index is 0.00685. The molecule has 1 saturated heterocycles. The van der Waals surface area contributed by atoms with Crippen molar-refractivity contribution in [2.75, 3.05) is 33.4 Å². The van der Waals surface area contributed by atoms with Gasteiger partial charge in [-0.25, -0.2) is 0 Å². The average molecular weight is 242 g/mol. The zero-order chi connectivity index (χ0) is 12.5. The lowest BCUT2D eigenvalue weighted by Crippen LogP contribution is -2.64. The fourth-order valence-electron chi connectivity index (χ4n) is 2.53. The predicted molar refractivity (Wildman–Crippen MR) is 63.6 cm³/mol. The average Bonchev–Trinajstić information content (AvgIpc) is 2.97. The molecule has 1 amide bonds. The number of aliphatic hydroxyl groups is 1. The SMILES string of the molecule is COCC(C)NC(=O)CN1CC(O)(C2CC2)C1. The third-order valence-corrected chi connectivity index (χ3v) is 3.52. The van der Waals surface area contributed by atoms with Crippen molar-refractivity contribution >= 4 is 5.91 Å². The van der Waals surface area contributed by atoms with Gasteiger partial charge < -0.3 is 15.2 Å². The number of carbonyl (C=O) groups is 1. The highest BCUT2D eigenvalue weighted by Crippen LogP contribution is 2.44. The van der Waals surface area contributed by atoms with E-state index in [-0.39, 0.29) is 11.9 Å². The summed E-state index contributed by atoms with van der Waals surface area (Å²) in [5.41, 5.74) is -0.502. The Balaban J connectivity index is 1.64. The van der Waals surface area contributed by atoms with Crippen LogP contribution in [-0.2, 0) is 9.53 Å². The zero-order valence-corrected chi connectivity index (χ0v) is 10.6. The summed E-state index contributed by atoms with van der Waals surface area (Å²) in [4.78, 5) is 13.6. The third kappa shape index (κ3) is 3.18. The monoisotopic (exact) mass is 242 g/mol. The van der Waals surface area contributed by atoms with Crippen molar-refractivity contribution in [1.82, 2.24) is 10.2 Å². The maximum absolute atomic E-state index is 11.6. The van der Waals surface area contributed by atoms with Crippen molar-refractivity contribution < 1.29 is 14.6 Å². The van der Waals surface area contributed by atoms with Gasteiger partial charge in [0, 0.05) is 26.2 Å². The Morgan fingerprint density at radius 2 is 2.24 bits per heavy atom. The number of methoxy groups -OCH3 is 1. The summed E-state index contributed by atoms with van der Waals surface area (Å²) in [7, 11) is 1.62. The predicted octanol–water partition coefficient (Wildman–Crippen LogP) is -0.406. The highest BCUT2D eigenvalue weighted by molar-refractivity contribution is 5.78. The number of hydrogen-bond acceptors (Lipinski definition) is 4. The summed E-state index contributed by atoms with van der Waals surface area (Å²) in [6.45, 7) is 4.10. The second-order valence-corrected chi connectivity index (χ2v) is 5.45. The van der Waals surface area contributed by atoms with E-state index >= 15 is 0 Å². The van der Waals surface area contributed by atoms with Crippen LogP contribution in [0.2, 0.25) is 0 Å². The van der Waals surface area contributed by atoms with Crippen molar-refractivity contribution in [3.8, 4) is 0 Å². The van der Waals surface area contributed by atoms with Crippen molar-refractivity contribution in [3.63, 3.8) is 0 Å². The third-order valence-electron chi connectivity index (χ3n) is 3.52. The second kappa shape index (κ2) is 4.92. The second-order valence-electron chi connectivity index (χ2n) is 5.45. The van der Waals surface area contributed by atoms with Crippen LogP contribution in [0.25, 0.3) is 0 Å². The van der Waals surface area contributed by atoms with Crippen LogP contribution in [0.1, 0.15) is 19.8 Å². The zero-order valence-electron chi connectivity index (χ0n) is 10.6. The lowest BCUT2D eigenvalue weighted by Gasteiger charge is -2.46. The van der Waals surface area contributed by atoms with Crippen LogP contribution in [0.5, 0.6) is 0 Å². The number of rotatable bonds is 6. The van der Waals surface area contributed by atoms with Gasteiger partial charge in [-0.05, 0) is 25.7 Å². The Labute approximate surface area is 102 Å². The molecule has 2 N–H and O–H groups in total. The van der Waals surface area contributed by atoms with E-state index in [0.717, 1.165) is 12.8 Å². The molecule has 2 aliphatic rings. The smallest absolute Gasteiger partial charge is 0.234 e. The number of carbonyl (C=O) groups excluding carboxylic acids is 1. The summed E-state index contributed by atoms with van der Waals surface area (Å²) >= 11 is 0. The van der Waals surface area contributed by atoms with Gasteiger partial charge in [0.15, 0.2) is 0 Å². The molecule has 1 heterocycles. The molecule has 17 heavy (non-hydrogen) atoms. The molecule has 2 rings (SSSR count). The lowest BCUT2D eigenvalue weighted by atomic mass is 9.89. The summed E-state index contributed by atoms with van der Waals surface area (Å²) in [6, 6.07) is 0.0380. The number of nitrogens with one attached hydrogen (secondary N) is 1. The van der Waals surface area contributed by atoms with Crippen molar-refractivity contribution in [2.24, 2.45) is 5.92 Å². The first-order valence-electron chi connectivity index (χ1n) is 6.26. The van der Waals surface area contributed by atoms with E-state index in [1.165, 1.54) is 0 Å². The van der Waals surface area contributed by atoms with E-state index in [1.54, 1.807) is 7.11 Å². The van der Waals surface area contributed by atoms with Crippen LogP contribution in [0, 0.1) is 5.92 Å². The largest absolute Gasteiger partial charge is 0.387 e. The standard InChI is InChI=1S/C12H22N2O3/c1-9(6-17-2)13-11(15)5-14-7-12(16,8-14)10-3-4-10/h9-10,16H,3-8H2,1-2H3,(H,13,15). The maximum atomic E-state index is 11.6. The van der Waals surface area contributed by atoms with Crippen molar-refractivity contribution in [2.45, 2.75) is 31.4 Å². The molecule has 1 aliphatic heterocycles. The fraction of sp³-hybridized carbons (Fsp3) is 0.917. The van der Waals surface area contributed by atoms with Crippen LogP contribution >= 0.6 is 0 Å². The first-order chi connectivity index (χ1) is 8.03. The molecule has 1 saturated carbocycles. The molecule has 0 radical (unpaired) electrons. The molecular formula is C12H22N2O3. The van der Waals surface area contributed by atoms with E-state index in [9.17, 15) is 9.90 Å². The molecule has 0 spiro atoms. The Morgan fingerprint density at radius 3 is 2.76 bits per heavy atom. The van der Waals surface area contributed by atoms with Crippen LogP contribution in [0.3, 0.4) is 0 Å². The van der Waals surface area contributed by atoms with E-state index in [0.29, 0.717) is 32.2 Å². The number of likely N-dealkylation sites (tertiary alicyclic amines) is 1. The van der Waals surface area contributed by atoms with Gasteiger partial charge in [0.1, 0.15) is 0 Å². The van der Waals surface area contributed by atoms with Crippen molar-refractivity contribution in [3.05, 3.63) is 0 Å². The highest BCUT2D eigenvalue weighted by Gasteiger charge is 2.51. The Morgan fingerprint density at radius 1 is 1.59 bits per heavy atom. The molecule has 1 aliphatic carbocycles. The Bertz CT molecular complexity index is 285. The number of nitrogens with zero attached hydrogens (tertiary/aromatic N) is 1. The van der Waals surface area contributed by atoms with Crippen LogP contribution in [-0.4, -0.2) is 60.9 Å². The molecule has 1 unspecified atom stereocenters. The normalized spacial score (nSPS) is 25.1. The van der Waals surface area contributed by atoms with Gasteiger partial charge in [-0.3, -0.25) is 9.69 Å². The first-order valence-corrected chi connectivity index (χ1v) is 6.26. The van der Waals surface area contributed by atoms with Gasteiger partial charge in [0.25, 0.3) is 0 Å². The number of ether oxygens (including phenoxy) is 1. The molecule has 0 bridgehead atoms. The fourth-order valence-corrected chi connectivity index (χ4v) is 2.53. The van der Waals surface area contributed by atoms with Gasteiger partial charge in [0.2, 0.25) is 5.91 Å². The summed E-state index contributed by atoms with van der Waals surface area (Å²) in [6.07, 6.45) is 2.28. The first kappa shape index (κ1) is 12.8. The molecule has 1 atom stereocenters. The van der Waals surface area contributed by atoms with E-state index < -0.39 is 5.60 Å². The minimum Gasteiger partial charge on any atom is -0.387 e. The maximum Gasteiger partial charge on any atom is 0.234 e.